The van der Waals surface area contributed by atoms with E-state index in [0.717, 1.165) is 21.1 Å². The lowest BCUT2D eigenvalue weighted by atomic mass is 10.3. The van der Waals surface area contributed by atoms with Crippen LogP contribution in [0.5, 0.6) is 0 Å². The van der Waals surface area contributed by atoms with Crippen molar-refractivity contribution < 1.29 is 21.9 Å². The summed E-state index contributed by atoms with van der Waals surface area (Å²) in [6, 6.07) is 0. The Bertz CT molecular complexity index is 388. The van der Waals surface area contributed by atoms with E-state index in [1.54, 1.807) is 0 Å². The third-order valence-electron chi connectivity index (χ3n) is 2.08. The Labute approximate surface area is 89.4 Å². The van der Waals surface area contributed by atoms with Gasteiger partial charge >= 0.3 is 0 Å². The first kappa shape index (κ1) is 12.8. The fourth-order valence-electron chi connectivity index (χ4n) is 1.30. The van der Waals surface area contributed by atoms with Crippen LogP contribution in [0, 0.1) is 0 Å². The number of β-amino-alcohol motifs (C(OH)–C–C–N with tert-alkyl or cyclic N) is 1. The van der Waals surface area contributed by atoms with Crippen LogP contribution in [0.3, 0.4) is 0 Å². The van der Waals surface area contributed by atoms with E-state index < -0.39 is 26.2 Å². The van der Waals surface area contributed by atoms with Gasteiger partial charge in [-0.1, -0.05) is 0 Å². The van der Waals surface area contributed by atoms with E-state index >= 15 is 0 Å². The van der Waals surface area contributed by atoms with Crippen molar-refractivity contribution in [2.24, 2.45) is 0 Å². The molecule has 1 aliphatic rings. The molecule has 1 rings (SSSR count). The quantitative estimate of drug-likeness (QED) is 0.609. The van der Waals surface area contributed by atoms with Crippen LogP contribution in [0.15, 0.2) is 0 Å². The monoisotopic (exact) mass is 258 g/mol. The molecular weight excluding hydrogens is 244 g/mol. The summed E-state index contributed by atoms with van der Waals surface area (Å²) in [5.41, 5.74) is 0. The second-order valence-corrected chi connectivity index (χ2v) is 7.55. The molecule has 1 saturated heterocycles. The molecule has 7 nitrogen and oxygen atoms in total. The summed E-state index contributed by atoms with van der Waals surface area (Å²) in [6.07, 6.45) is 0.972. The highest BCUT2D eigenvalue weighted by atomic mass is 32.2. The van der Waals surface area contributed by atoms with Gasteiger partial charge in [-0.25, -0.2) is 16.8 Å². The third-order valence-corrected chi connectivity index (χ3v) is 4.49. The molecule has 0 unspecified atom stereocenters. The normalized spacial score (nSPS) is 23.1. The van der Waals surface area contributed by atoms with E-state index in [2.05, 4.69) is 0 Å². The second kappa shape index (κ2) is 3.98. The van der Waals surface area contributed by atoms with E-state index in [0.29, 0.717) is 0 Å². The van der Waals surface area contributed by atoms with Gasteiger partial charge in [0.1, 0.15) is 0 Å². The van der Waals surface area contributed by atoms with Crippen molar-refractivity contribution in [2.45, 2.75) is 6.10 Å². The van der Waals surface area contributed by atoms with Crippen molar-refractivity contribution in [2.75, 3.05) is 32.3 Å². The van der Waals surface area contributed by atoms with Crippen LogP contribution in [0.4, 0.5) is 0 Å². The number of hydrogen-bond donors (Lipinski definition) is 1. The van der Waals surface area contributed by atoms with Gasteiger partial charge in [0.2, 0.25) is 20.0 Å². The molecular formula is C6H14N2O5S2. The highest BCUT2D eigenvalue weighted by Crippen LogP contribution is 2.12. The van der Waals surface area contributed by atoms with Gasteiger partial charge in [0.15, 0.2) is 0 Å². The highest BCUT2D eigenvalue weighted by Gasteiger charge is 2.33. The van der Waals surface area contributed by atoms with Crippen molar-refractivity contribution >= 4 is 20.0 Å². The SMILES string of the molecule is CS(=O)(=O)N1CC(O)CN(S(C)(=O)=O)C1. The summed E-state index contributed by atoms with van der Waals surface area (Å²) in [4.78, 5) is 0. The van der Waals surface area contributed by atoms with Crippen LogP contribution < -0.4 is 0 Å². The summed E-state index contributed by atoms with van der Waals surface area (Å²) >= 11 is 0. The molecule has 90 valence electrons. The van der Waals surface area contributed by atoms with E-state index in [4.69, 9.17) is 0 Å². The zero-order chi connectivity index (χ0) is 11.9. The van der Waals surface area contributed by atoms with Gasteiger partial charge in [-0.3, -0.25) is 0 Å². The molecule has 0 spiro atoms. The molecule has 1 N–H and O–H groups in total. The summed E-state index contributed by atoms with van der Waals surface area (Å²) in [6.45, 7) is -0.357. The average Bonchev–Trinajstić information content (AvgIpc) is 1.99. The van der Waals surface area contributed by atoms with E-state index in [1.165, 1.54) is 0 Å². The maximum atomic E-state index is 11.2. The molecule has 1 heterocycles. The largest absolute Gasteiger partial charge is 0.390 e. The molecule has 0 aromatic carbocycles. The lowest BCUT2D eigenvalue weighted by Gasteiger charge is -2.35. The topological polar surface area (TPSA) is 95.0 Å². The standard InChI is InChI=1S/C6H14N2O5S2/c1-14(10,11)7-3-6(9)4-8(5-7)15(2,12)13/h6,9H,3-5H2,1-2H3. The predicted molar refractivity (Wildman–Crippen MR) is 54.0 cm³/mol. The van der Waals surface area contributed by atoms with Gasteiger partial charge in [-0.05, 0) is 0 Å². The molecule has 0 saturated carbocycles. The summed E-state index contributed by atoms with van der Waals surface area (Å²) < 4.78 is 46.7. The summed E-state index contributed by atoms with van der Waals surface area (Å²) in [7, 11) is -6.97. The maximum Gasteiger partial charge on any atom is 0.212 e. The first-order valence-corrected chi connectivity index (χ1v) is 7.88. The Morgan fingerprint density at radius 3 is 1.60 bits per heavy atom. The highest BCUT2D eigenvalue weighted by molar-refractivity contribution is 7.89. The van der Waals surface area contributed by atoms with Gasteiger partial charge < -0.3 is 5.11 Å². The Morgan fingerprint density at radius 2 is 1.33 bits per heavy atom. The van der Waals surface area contributed by atoms with Crippen LogP contribution in [0.25, 0.3) is 0 Å². The minimum absolute atomic E-state index is 0.0646. The van der Waals surface area contributed by atoms with Crippen LogP contribution in [0.1, 0.15) is 0 Å². The molecule has 0 bridgehead atoms. The fourth-order valence-corrected chi connectivity index (χ4v) is 2.96. The van der Waals surface area contributed by atoms with Crippen LogP contribution in [-0.2, 0) is 20.0 Å². The number of rotatable bonds is 2. The zero-order valence-electron chi connectivity index (χ0n) is 8.49. The van der Waals surface area contributed by atoms with Gasteiger partial charge in [0.05, 0.1) is 25.3 Å². The molecule has 0 aromatic rings. The Morgan fingerprint density at radius 1 is 1.00 bits per heavy atom. The maximum absolute atomic E-state index is 11.2. The van der Waals surface area contributed by atoms with Crippen molar-refractivity contribution in [3.63, 3.8) is 0 Å². The molecule has 0 aromatic heterocycles. The lowest BCUT2D eigenvalue weighted by molar-refractivity contribution is 0.0703. The van der Waals surface area contributed by atoms with Crippen molar-refractivity contribution in [1.29, 1.82) is 0 Å². The predicted octanol–water partition coefficient (Wildman–Crippen LogP) is -2.16. The first-order chi connectivity index (χ1) is 6.60. The smallest absolute Gasteiger partial charge is 0.212 e. The average molecular weight is 258 g/mol. The van der Waals surface area contributed by atoms with E-state index in [-0.39, 0.29) is 19.8 Å². The minimum Gasteiger partial charge on any atom is -0.390 e. The molecule has 0 aliphatic carbocycles. The third kappa shape index (κ3) is 3.38. The number of hydrogen-bond acceptors (Lipinski definition) is 5. The minimum atomic E-state index is -3.48. The zero-order valence-corrected chi connectivity index (χ0v) is 10.1. The number of aliphatic hydroxyl groups excluding tert-OH is 1. The van der Waals surface area contributed by atoms with Crippen molar-refractivity contribution in [3.8, 4) is 0 Å². The van der Waals surface area contributed by atoms with Gasteiger partial charge in [-0.2, -0.15) is 8.61 Å². The number of sulfonamides is 2. The van der Waals surface area contributed by atoms with Crippen LogP contribution in [-0.4, -0.2) is 68.9 Å². The molecule has 0 radical (unpaired) electrons. The fraction of sp³-hybridized carbons (Fsp3) is 1.00. The van der Waals surface area contributed by atoms with Crippen molar-refractivity contribution in [3.05, 3.63) is 0 Å². The molecule has 0 amide bonds. The van der Waals surface area contributed by atoms with Gasteiger partial charge in [-0.15, -0.1) is 0 Å². The Hall–Kier alpha value is -0.220. The molecule has 1 aliphatic heterocycles. The van der Waals surface area contributed by atoms with Gasteiger partial charge in [0.25, 0.3) is 0 Å². The van der Waals surface area contributed by atoms with Crippen molar-refractivity contribution in [1.82, 2.24) is 8.61 Å². The molecule has 15 heavy (non-hydrogen) atoms. The number of nitrogens with zero attached hydrogens (tertiary/aromatic N) is 2. The van der Waals surface area contributed by atoms with E-state index in [9.17, 15) is 21.9 Å². The molecule has 9 heteroatoms. The summed E-state index contributed by atoms with van der Waals surface area (Å²) in [5, 5.41) is 9.36. The lowest BCUT2D eigenvalue weighted by Crippen LogP contribution is -2.55. The summed E-state index contributed by atoms with van der Waals surface area (Å²) in [5.74, 6) is 0. The molecule has 1 fully saturated rings. The van der Waals surface area contributed by atoms with Gasteiger partial charge in [0, 0.05) is 13.1 Å². The molecule has 0 atom stereocenters. The first-order valence-electron chi connectivity index (χ1n) is 4.19. The van der Waals surface area contributed by atoms with Crippen LogP contribution in [0.2, 0.25) is 0 Å². The van der Waals surface area contributed by atoms with Crippen LogP contribution >= 0.6 is 0 Å². The number of aliphatic hydroxyl groups is 1. The Balaban J connectivity index is 2.92. The second-order valence-electron chi connectivity index (χ2n) is 3.59. The van der Waals surface area contributed by atoms with E-state index in [1.807, 2.05) is 0 Å². The Kier molecular flexibility index (Phi) is 3.41.